The number of aliphatic hydroxyl groups is 4. The van der Waals surface area contributed by atoms with Gasteiger partial charge in [0.05, 0.1) is 30.2 Å². The molecule has 372 valence electrons. The number of aliphatic hydroxyl groups excluding tert-OH is 3. The van der Waals surface area contributed by atoms with Crippen molar-refractivity contribution in [3.8, 4) is 0 Å². The zero-order chi connectivity index (χ0) is 47.3. The van der Waals surface area contributed by atoms with Gasteiger partial charge >= 0.3 is 0 Å². The molecule has 7 saturated carbocycles. The van der Waals surface area contributed by atoms with Crippen LogP contribution in [-0.2, 0) is 4.79 Å². The number of hydrogen-bond acceptors (Lipinski definition) is 9. The second kappa shape index (κ2) is 16.5. The van der Waals surface area contributed by atoms with Gasteiger partial charge in [-0.05, 0) is 160 Å². The molecule has 16 atom stereocenters. The van der Waals surface area contributed by atoms with Crippen molar-refractivity contribution >= 4 is 33.3 Å². The van der Waals surface area contributed by atoms with Gasteiger partial charge in [-0.25, -0.2) is 4.98 Å². The molecule has 0 radical (unpaired) electrons. The molecular weight excluding hydrogens is 887 g/mol. The largest absolute Gasteiger partial charge is 0.392 e. The van der Waals surface area contributed by atoms with Crippen molar-refractivity contribution in [2.24, 2.45) is 91.4 Å². The topological polar surface area (TPSA) is 180 Å². The van der Waals surface area contributed by atoms with Crippen LogP contribution in [0.4, 0.5) is 0 Å². The molecule has 12 heteroatoms. The van der Waals surface area contributed by atoms with Crippen molar-refractivity contribution in [2.45, 2.75) is 191 Å². The summed E-state index contributed by atoms with van der Waals surface area (Å²) >= 11 is 0. The third-order valence-corrected chi connectivity index (χ3v) is 25.9. The SMILES string of the molecule is CC1(C)CC(n2ccnc2)CSSC2(CCCC2)C2CC(C3CC4CCCC5=C4C(C1=C1CCCC4(CCCC4)C51)C3O)C1(C)CC(CN=C(N)N)C3C(=CC(=O)C4CC(O)C(O)CC43C)C21O. The molecule has 2 spiro atoms. The molecule has 8 N–H and O–H groups in total. The maximum Gasteiger partial charge on any atom is 0.185 e. The van der Waals surface area contributed by atoms with Crippen LogP contribution in [0.25, 0.3) is 0 Å². The number of nitrogens with zero attached hydrogens (tertiary/aromatic N) is 3. The molecule has 16 unspecified atom stereocenters. The summed E-state index contributed by atoms with van der Waals surface area (Å²) in [4.78, 5) is 24.3. The number of ketones is 1. The second-order valence-electron chi connectivity index (χ2n) is 26.0. The van der Waals surface area contributed by atoms with E-state index >= 15 is 0 Å². The van der Waals surface area contributed by atoms with E-state index in [1.54, 1.807) is 22.3 Å². The van der Waals surface area contributed by atoms with Crippen LogP contribution in [0.5, 0.6) is 0 Å². The van der Waals surface area contributed by atoms with E-state index < -0.39 is 40.7 Å². The number of nitrogens with two attached hydrogens (primary N) is 2. The number of aromatic nitrogens is 2. The maximum absolute atomic E-state index is 14.9. The Morgan fingerprint density at radius 3 is 2.37 bits per heavy atom. The summed E-state index contributed by atoms with van der Waals surface area (Å²) in [7, 11) is 4.04. The first-order chi connectivity index (χ1) is 32.5. The van der Waals surface area contributed by atoms with Gasteiger partial charge in [-0.1, -0.05) is 97.3 Å². The lowest BCUT2D eigenvalue weighted by Crippen LogP contribution is -2.67. The van der Waals surface area contributed by atoms with E-state index in [-0.39, 0.29) is 76.3 Å². The number of allylic oxidation sites excluding steroid dienone is 3. The Hall–Kier alpha value is -2.09. The number of carbonyl (C=O) groups excluding carboxylic acids is 1. The molecular formula is C56H81N5O5S2. The Labute approximate surface area is 413 Å². The summed E-state index contributed by atoms with van der Waals surface area (Å²) in [5.41, 5.74) is 17.2. The lowest BCUT2D eigenvalue weighted by molar-refractivity contribution is -0.174. The van der Waals surface area contributed by atoms with E-state index in [0.717, 1.165) is 69.1 Å². The van der Waals surface area contributed by atoms with E-state index in [4.69, 9.17) is 16.5 Å². The highest BCUT2D eigenvalue weighted by Gasteiger charge is 2.76. The summed E-state index contributed by atoms with van der Waals surface area (Å²) in [5, 5.41) is 51.5. The fourth-order valence-corrected chi connectivity index (χ4v) is 24.0. The van der Waals surface area contributed by atoms with Gasteiger partial charge < -0.3 is 36.5 Å². The highest BCUT2D eigenvalue weighted by Crippen LogP contribution is 2.77. The number of imidazole rings is 1. The third kappa shape index (κ3) is 6.59. The molecule has 10 nitrogen and oxygen atoms in total. The van der Waals surface area contributed by atoms with Crippen LogP contribution in [-0.4, -0.2) is 82.7 Å². The normalized spacial score (nSPS) is 46.6. The lowest BCUT2D eigenvalue weighted by atomic mass is 9.41. The summed E-state index contributed by atoms with van der Waals surface area (Å²) in [5.74, 6) is 0.713. The maximum atomic E-state index is 14.9. The molecule has 68 heavy (non-hydrogen) atoms. The Kier molecular flexibility index (Phi) is 11.4. The van der Waals surface area contributed by atoms with Crippen LogP contribution < -0.4 is 11.5 Å². The van der Waals surface area contributed by atoms with Gasteiger partial charge in [-0.3, -0.25) is 9.79 Å². The standard InChI is InChI=1S/C56H81N5O5S2/c1-51(2)26-33(61-20-19-59-30-61)29-67-68-55(17-7-8-18-55)43-24-37(36-21-31-11-9-12-34-44(31)45(49(36)65)48(51)35-13-10-16-54(47(34)35)14-5-6-15-54)53(4)25-32(28-60-50(57)58)46-39(56(43,53)66)23-40(62)38-22-41(63)42(64)27-52(38,46)3/h19-20,23,30-33,36-38,41-43,45-47,49,63-66H,5-18,21-22,24-29H2,1-4H3,(H4,57,58,60). The van der Waals surface area contributed by atoms with Crippen molar-refractivity contribution in [2.75, 3.05) is 12.3 Å². The van der Waals surface area contributed by atoms with Crippen LogP contribution in [0.15, 0.2) is 57.7 Å². The van der Waals surface area contributed by atoms with E-state index in [2.05, 4.69) is 43.4 Å². The molecule has 0 amide bonds. The Morgan fingerprint density at radius 1 is 0.897 bits per heavy atom. The van der Waals surface area contributed by atoms with E-state index in [9.17, 15) is 25.2 Å². The number of hydrogen-bond donors (Lipinski definition) is 6. The number of rotatable bonds is 3. The third-order valence-electron chi connectivity index (χ3n) is 22.5. The van der Waals surface area contributed by atoms with Crippen LogP contribution >= 0.6 is 21.6 Å². The molecule has 1 aromatic heterocycles. The first kappa shape index (κ1) is 46.9. The predicted molar refractivity (Wildman–Crippen MR) is 271 cm³/mol. The first-order valence-corrected chi connectivity index (χ1v) is 29.6. The minimum atomic E-state index is -1.35. The van der Waals surface area contributed by atoms with Crippen molar-refractivity contribution in [1.82, 2.24) is 9.55 Å². The van der Waals surface area contributed by atoms with E-state index in [0.29, 0.717) is 30.2 Å². The Balaban J connectivity index is 1.08. The highest BCUT2D eigenvalue weighted by atomic mass is 33.1. The summed E-state index contributed by atoms with van der Waals surface area (Å²) < 4.78 is 2.12. The molecule has 4 bridgehead atoms. The average Bonchev–Trinajstić information content (AvgIpc) is 4.13. The number of guanidine groups is 1. The van der Waals surface area contributed by atoms with Crippen LogP contribution in [0.1, 0.15) is 162 Å². The fourth-order valence-electron chi connectivity index (χ4n) is 20.2. The molecule has 1 saturated heterocycles. The molecule has 10 aliphatic carbocycles. The van der Waals surface area contributed by atoms with Gasteiger partial charge in [0.25, 0.3) is 0 Å². The van der Waals surface area contributed by atoms with Gasteiger partial charge in [-0.2, -0.15) is 0 Å². The molecule has 1 aliphatic heterocycles. The monoisotopic (exact) mass is 968 g/mol. The number of carbonyl (C=O) groups is 1. The smallest absolute Gasteiger partial charge is 0.185 e. The van der Waals surface area contributed by atoms with Gasteiger partial charge in [0.15, 0.2) is 11.7 Å². The summed E-state index contributed by atoms with van der Waals surface area (Å²) in [6, 6.07) is 0.194. The van der Waals surface area contributed by atoms with Gasteiger partial charge in [-0.15, -0.1) is 0 Å². The van der Waals surface area contributed by atoms with Crippen LogP contribution in [0.2, 0.25) is 0 Å². The Morgan fingerprint density at radius 2 is 1.63 bits per heavy atom. The minimum absolute atomic E-state index is 0.00768. The zero-order valence-electron chi connectivity index (χ0n) is 41.4. The first-order valence-electron chi connectivity index (χ1n) is 27.3. The predicted octanol–water partition coefficient (Wildman–Crippen LogP) is 9.24. The molecule has 8 fully saturated rings. The molecule has 12 rings (SSSR count). The molecule has 11 aliphatic rings. The molecule has 0 aromatic carbocycles. The molecule has 2 heterocycles. The second-order valence-corrected chi connectivity index (χ2v) is 28.8. The number of aliphatic imine (C=N–C) groups is 1. The highest BCUT2D eigenvalue weighted by molar-refractivity contribution is 8.77. The minimum Gasteiger partial charge on any atom is -0.392 e. The van der Waals surface area contributed by atoms with Crippen molar-refractivity contribution in [3.05, 3.63) is 52.7 Å². The number of fused-ring (bicyclic) bond motifs is 15. The average molecular weight is 968 g/mol. The van der Waals surface area contributed by atoms with Crippen LogP contribution in [0.3, 0.4) is 0 Å². The van der Waals surface area contributed by atoms with Gasteiger partial charge in [0.2, 0.25) is 0 Å². The van der Waals surface area contributed by atoms with Crippen LogP contribution in [0, 0.1) is 74.9 Å². The van der Waals surface area contributed by atoms with E-state index in [1.165, 1.54) is 51.4 Å². The zero-order valence-corrected chi connectivity index (χ0v) is 43.0. The van der Waals surface area contributed by atoms with Crippen molar-refractivity contribution < 1.29 is 25.2 Å². The van der Waals surface area contributed by atoms with Crippen molar-refractivity contribution in [3.63, 3.8) is 0 Å². The Bertz CT molecular complexity index is 2310. The molecule has 1 aromatic rings. The fraction of sp³-hybridized carbons (Fsp3) is 0.804. The van der Waals surface area contributed by atoms with Crippen molar-refractivity contribution in [1.29, 1.82) is 0 Å². The lowest BCUT2D eigenvalue weighted by Gasteiger charge is -2.65. The van der Waals surface area contributed by atoms with Gasteiger partial charge in [0, 0.05) is 64.6 Å². The summed E-state index contributed by atoms with van der Waals surface area (Å²) in [6.45, 7) is 9.94. The van der Waals surface area contributed by atoms with E-state index in [1.807, 2.05) is 40.2 Å². The quantitative estimate of drug-likeness (QED) is 0.0740. The van der Waals surface area contributed by atoms with Gasteiger partial charge in [0.1, 0.15) is 0 Å². The summed E-state index contributed by atoms with van der Waals surface area (Å²) in [6.07, 6.45) is 26.1.